The summed E-state index contributed by atoms with van der Waals surface area (Å²) in [6, 6.07) is 0. The molecule has 2 fully saturated rings. The lowest BCUT2D eigenvalue weighted by atomic mass is 9.84. The fraction of sp³-hybridized carbons (Fsp3) is 1.00. The Morgan fingerprint density at radius 3 is 2.89 bits per heavy atom. The molecule has 0 aromatic rings. The van der Waals surface area contributed by atoms with E-state index in [1.165, 1.54) is 19.3 Å². The highest BCUT2D eigenvalue weighted by Crippen LogP contribution is 2.49. The first-order valence-corrected chi connectivity index (χ1v) is 3.90. The van der Waals surface area contributed by atoms with Crippen molar-refractivity contribution in [1.82, 2.24) is 0 Å². The zero-order chi connectivity index (χ0) is 6.48. The molecule has 2 aliphatic rings. The van der Waals surface area contributed by atoms with Crippen LogP contribution in [0.5, 0.6) is 0 Å². The molecule has 0 unspecified atom stereocenters. The monoisotopic (exact) mass is 126 g/mol. The van der Waals surface area contributed by atoms with E-state index in [1.807, 2.05) is 0 Å². The molecule has 1 saturated heterocycles. The van der Waals surface area contributed by atoms with Gasteiger partial charge in [-0.25, -0.2) is 0 Å². The van der Waals surface area contributed by atoms with E-state index in [9.17, 15) is 0 Å². The number of hydrogen-bond donors (Lipinski definition) is 0. The van der Waals surface area contributed by atoms with Gasteiger partial charge in [0.15, 0.2) is 0 Å². The Kier molecular flexibility index (Phi) is 0.963. The molecule has 1 saturated carbocycles. The number of ether oxygens (including phenoxy) is 1. The number of hydrogen-bond acceptors (Lipinski definition) is 1. The Balaban J connectivity index is 2.07. The Bertz CT molecular complexity index is 133. The van der Waals surface area contributed by atoms with Crippen LogP contribution >= 0.6 is 0 Å². The molecule has 0 aromatic carbocycles. The van der Waals surface area contributed by atoms with E-state index in [0.29, 0.717) is 11.7 Å². The van der Waals surface area contributed by atoms with Crippen LogP contribution in [0.25, 0.3) is 0 Å². The van der Waals surface area contributed by atoms with Gasteiger partial charge in [-0.05, 0) is 25.7 Å². The van der Waals surface area contributed by atoms with Gasteiger partial charge < -0.3 is 4.74 Å². The fourth-order valence-electron chi connectivity index (χ4n) is 2.10. The molecule has 3 atom stereocenters. The molecule has 1 aliphatic carbocycles. The minimum Gasteiger partial charge on any atom is -0.366 e. The number of rotatable bonds is 0. The summed E-state index contributed by atoms with van der Waals surface area (Å²) in [6.45, 7) is 4.54. The van der Waals surface area contributed by atoms with Crippen molar-refractivity contribution in [3.05, 3.63) is 0 Å². The molecule has 0 radical (unpaired) electrons. The van der Waals surface area contributed by atoms with Crippen LogP contribution in [0.3, 0.4) is 0 Å². The van der Waals surface area contributed by atoms with Crippen molar-refractivity contribution in [2.75, 3.05) is 0 Å². The summed E-state index contributed by atoms with van der Waals surface area (Å²) < 4.78 is 5.58. The molecule has 0 bridgehead atoms. The van der Waals surface area contributed by atoms with Crippen LogP contribution in [0.1, 0.15) is 33.1 Å². The lowest BCUT2D eigenvalue weighted by Crippen LogP contribution is -2.20. The summed E-state index contributed by atoms with van der Waals surface area (Å²) in [7, 11) is 0. The van der Waals surface area contributed by atoms with Crippen LogP contribution in [0.4, 0.5) is 0 Å². The largest absolute Gasteiger partial charge is 0.366 e. The summed E-state index contributed by atoms with van der Waals surface area (Å²) in [4.78, 5) is 0. The third-order valence-corrected chi connectivity index (χ3v) is 2.79. The summed E-state index contributed by atoms with van der Waals surface area (Å²) in [5.74, 6) is 0.823. The number of epoxide rings is 1. The van der Waals surface area contributed by atoms with Gasteiger partial charge in [-0.15, -0.1) is 0 Å². The predicted molar refractivity (Wildman–Crippen MR) is 36.3 cm³/mol. The van der Waals surface area contributed by atoms with Crippen molar-refractivity contribution < 1.29 is 4.74 Å². The molecule has 0 N–H and O–H groups in total. The highest BCUT2D eigenvalue weighted by atomic mass is 16.6. The highest BCUT2D eigenvalue weighted by Gasteiger charge is 2.56. The van der Waals surface area contributed by atoms with E-state index < -0.39 is 0 Å². The van der Waals surface area contributed by atoms with Gasteiger partial charge >= 0.3 is 0 Å². The SMILES string of the molecule is C[C@@H]1CCC[C@@]2(C)O[C@@H]12. The molecular formula is C8H14O. The van der Waals surface area contributed by atoms with Crippen molar-refractivity contribution in [2.45, 2.75) is 44.8 Å². The summed E-state index contributed by atoms with van der Waals surface area (Å²) in [5.41, 5.74) is 0.317. The predicted octanol–water partition coefficient (Wildman–Crippen LogP) is 1.96. The molecule has 9 heavy (non-hydrogen) atoms. The van der Waals surface area contributed by atoms with E-state index in [2.05, 4.69) is 13.8 Å². The zero-order valence-electron chi connectivity index (χ0n) is 6.18. The third-order valence-electron chi connectivity index (χ3n) is 2.79. The molecule has 0 spiro atoms. The molecule has 1 aliphatic heterocycles. The minimum atomic E-state index is 0.317. The van der Waals surface area contributed by atoms with Gasteiger partial charge in [-0.1, -0.05) is 13.3 Å². The maximum atomic E-state index is 5.58. The number of fused-ring (bicyclic) bond motifs is 1. The van der Waals surface area contributed by atoms with Gasteiger partial charge in [-0.2, -0.15) is 0 Å². The Labute approximate surface area is 56.4 Å². The zero-order valence-corrected chi connectivity index (χ0v) is 6.18. The lowest BCUT2D eigenvalue weighted by Gasteiger charge is -2.17. The fourth-order valence-corrected chi connectivity index (χ4v) is 2.10. The van der Waals surface area contributed by atoms with Crippen LogP contribution in [-0.4, -0.2) is 11.7 Å². The molecule has 0 amide bonds. The first kappa shape index (κ1) is 5.72. The Morgan fingerprint density at radius 2 is 2.33 bits per heavy atom. The normalized spacial score (nSPS) is 56.7. The molecule has 52 valence electrons. The average Bonchev–Trinajstić information content (AvgIpc) is 2.43. The molecule has 1 heterocycles. The maximum Gasteiger partial charge on any atom is 0.0923 e. The van der Waals surface area contributed by atoms with Crippen LogP contribution < -0.4 is 0 Å². The van der Waals surface area contributed by atoms with E-state index in [0.717, 1.165) is 5.92 Å². The van der Waals surface area contributed by atoms with Gasteiger partial charge in [0.1, 0.15) is 0 Å². The molecule has 2 rings (SSSR count). The second-order valence-electron chi connectivity index (χ2n) is 3.72. The summed E-state index contributed by atoms with van der Waals surface area (Å²) in [5, 5.41) is 0. The first-order chi connectivity index (χ1) is 4.22. The van der Waals surface area contributed by atoms with Gasteiger partial charge in [0.2, 0.25) is 0 Å². The quantitative estimate of drug-likeness (QED) is 0.452. The van der Waals surface area contributed by atoms with Crippen LogP contribution in [0, 0.1) is 5.92 Å². The van der Waals surface area contributed by atoms with Gasteiger partial charge in [-0.3, -0.25) is 0 Å². The van der Waals surface area contributed by atoms with Crippen LogP contribution in [0.15, 0.2) is 0 Å². The van der Waals surface area contributed by atoms with Crippen LogP contribution in [0.2, 0.25) is 0 Å². The summed E-state index contributed by atoms with van der Waals surface area (Å²) >= 11 is 0. The highest BCUT2D eigenvalue weighted by molar-refractivity contribution is 5.04. The van der Waals surface area contributed by atoms with Gasteiger partial charge in [0.25, 0.3) is 0 Å². The van der Waals surface area contributed by atoms with Crippen molar-refractivity contribution in [1.29, 1.82) is 0 Å². The summed E-state index contributed by atoms with van der Waals surface area (Å²) in [6.07, 6.45) is 4.66. The molecule has 1 heteroatoms. The van der Waals surface area contributed by atoms with Crippen LogP contribution in [-0.2, 0) is 4.74 Å². The topological polar surface area (TPSA) is 12.5 Å². The standard InChI is InChI=1S/C8H14O/c1-6-4-3-5-8(2)7(6)9-8/h6-7H,3-5H2,1-2H3/t6-,7+,8-/m1/s1. The van der Waals surface area contributed by atoms with Crippen molar-refractivity contribution in [2.24, 2.45) is 5.92 Å². The molecule has 0 aromatic heterocycles. The average molecular weight is 126 g/mol. The van der Waals surface area contributed by atoms with E-state index in [-0.39, 0.29) is 0 Å². The van der Waals surface area contributed by atoms with Crippen molar-refractivity contribution in [3.8, 4) is 0 Å². The Hall–Kier alpha value is -0.0400. The lowest BCUT2D eigenvalue weighted by molar-refractivity contribution is 0.300. The third kappa shape index (κ3) is 0.710. The van der Waals surface area contributed by atoms with E-state index in [1.54, 1.807) is 0 Å². The second-order valence-corrected chi connectivity index (χ2v) is 3.72. The second kappa shape index (κ2) is 1.51. The van der Waals surface area contributed by atoms with Gasteiger partial charge in [0, 0.05) is 0 Å². The first-order valence-electron chi connectivity index (χ1n) is 3.90. The van der Waals surface area contributed by atoms with E-state index >= 15 is 0 Å². The Morgan fingerprint density at radius 1 is 1.56 bits per heavy atom. The van der Waals surface area contributed by atoms with E-state index in [4.69, 9.17) is 4.74 Å². The molecule has 1 nitrogen and oxygen atoms in total. The van der Waals surface area contributed by atoms with Crippen molar-refractivity contribution in [3.63, 3.8) is 0 Å². The van der Waals surface area contributed by atoms with Crippen molar-refractivity contribution >= 4 is 0 Å². The van der Waals surface area contributed by atoms with Gasteiger partial charge in [0.05, 0.1) is 11.7 Å². The molecular weight excluding hydrogens is 112 g/mol. The minimum absolute atomic E-state index is 0.317. The smallest absolute Gasteiger partial charge is 0.0923 e. The maximum absolute atomic E-state index is 5.58.